The highest BCUT2D eigenvalue weighted by atomic mass is 16.1. The van der Waals surface area contributed by atoms with Gasteiger partial charge in [0.15, 0.2) is 5.78 Å². The summed E-state index contributed by atoms with van der Waals surface area (Å²) in [7, 11) is 0. The van der Waals surface area contributed by atoms with Crippen LogP contribution in [0.25, 0.3) is 17.0 Å². The number of allylic oxidation sites excluding steroid dienone is 1. The van der Waals surface area contributed by atoms with Gasteiger partial charge < -0.3 is 4.98 Å². The number of aryl methyl sites for hydroxylation is 1. The van der Waals surface area contributed by atoms with Gasteiger partial charge in [0, 0.05) is 16.6 Å². The minimum absolute atomic E-state index is 0.121. The third kappa shape index (κ3) is 2.88. The van der Waals surface area contributed by atoms with Gasteiger partial charge >= 0.3 is 0 Å². The minimum Gasteiger partial charge on any atom is -0.321 e. The highest BCUT2D eigenvalue weighted by molar-refractivity contribution is 6.06. The van der Waals surface area contributed by atoms with Crippen molar-refractivity contribution in [3.8, 4) is 0 Å². The first kappa shape index (κ1) is 14.0. The zero-order valence-corrected chi connectivity index (χ0v) is 12.2. The van der Waals surface area contributed by atoms with Crippen LogP contribution in [0, 0.1) is 6.92 Å². The van der Waals surface area contributed by atoms with Gasteiger partial charge in [-0.05, 0) is 42.2 Å². The lowest BCUT2D eigenvalue weighted by atomic mass is 10.1. The molecule has 0 spiro atoms. The number of H-pyrrole nitrogens is 1. The number of aromatic amines is 1. The molecule has 0 radical (unpaired) electrons. The van der Waals surface area contributed by atoms with E-state index in [2.05, 4.69) is 4.98 Å². The molecule has 0 atom stereocenters. The summed E-state index contributed by atoms with van der Waals surface area (Å²) in [5, 5.41) is 0.942. The first-order valence-corrected chi connectivity index (χ1v) is 7.04. The van der Waals surface area contributed by atoms with Crippen LogP contribution >= 0.6 is 0 Å². The Morgan fingerprint density at radius 3 is 2.59 bits per heavy atom. The number of carbonyl (C=O) groups is 1. The van der Waals surface area contributed by atoms with Crippen LogP contribution in [0.4, 0.5) is 0 Å². The van der Waals surface area contributed by atoms with E-state index in [0.717, 1.165) is 16.5 Å². The lowest BCUT2D eigenvalue weighted by molar-refractivity contribution is 0.104. The number of pyridine rings is 1. The molecule has 0 aliphatic rings. The van der Waals surface area contributed by atoms with Crippen LogP contribution in [-0.2, 0) is 0 Å². The SMILES string of the molecule is Cc1ccc2cc(/C=C/C(=O)c3ccccc3)c(=O)[nH]c2c1. The summed E-state index contributed by atoms with van der Waals surface area (Å²) in [5.41, 5.74) is 2.77. The molecule has 108 valence electrons. The van der Waals surface area contributed by atoms with Crippen molar-refractivity contribution in [1.82, 2.24) is 4.98 Å². The maximum atomic E-state index is 12.1. The van der Waals surface area contributed by atoms with Crippen molar-refractivity contribution >= 4 is 22.8 Å². The summed E-state index contributed by atoms with van der Waals surface area (Å²) in [6.07, 6.45) is 2.99. The molecule has 3 rings (SSSR count). The van der Waals surface area contributed by atoms with Crippen molar-refractivity contribution in [3.05, 3.63) is 87.7 Å². The van der Waals surface area contributed by atoms with Crippen LogP contribution < -0.4 is 5.56 Å². The Morgan fingerprint density at radius 2 is 1.82 bits per heavy atom. The van der Waals surface area contributed by atoms with Gasteiger partial charge in [-0.15, -0.1) is 0 Å². The number of benzene rings is 2. The quantitative estimate of drug-likeness (QED) is 0.590. The van der Waals surface area contributed by atoms with E-state index < -0.39 is 0 Å². The van der Waals surface area contributed by atoms with Gasteiger partial charge in [-0.1, -0.05) is 42.5 Å². The number of ketones is 1. The zero-order chi connectivity index (χ0) is 15.5. The lowest BCUT2D eigenvalue weighted by Crippen LogP contribution is -2.09. The van der Waals surface area contributed by atoms with Crippen LogP contribution in [-0.4, -0.2) is 10.8 Å². The third-order valence-corrected chi connectivity index (χ3v) is 3.50. The van der Waals surface area contributed by atoms with Gasteiger partial charge in [0.05, 0.1) is 0 Å². The molecule has 0 amide bonds. The Kier molecular flexibility index (Phi) is 3.71. The number of carbonyl (C=O) groups excluding carboxylic acids is 1. The summed E-state index contributed by atoms with van der Waals surface area (Å²) in [4.78, 5) is 27.0. The Labute approximate surface area is 127 Å². The number of aromatic nitrogens is 1. The molecule has 3 aromatic rings. The second kappa shape index (κ2) is 5.82. The molecule has 2 aromatic carbocycles. The average molecular weight is 289 g/mol. The molecule has 3 heteroatoms. The van der Waals surface area contributed by atoms with E-state index in [1.165, 1.54) is 6.08 Å². The van der Waals surface area contributed by atoms with Gasteiger partial charge in [-0.3, -0.25) is 9.59 Å². The van der Waals surface area contributed by atoms with Crippen molar-refractivity contribution in [2.75, 3.05) is 0 Å². The smallest absolute Gasteiger partial charge is 0.255 e. The van der Waals surface area contributed by atoms with Crippen LogP contribution in [0.2, 0.25) is 0 Å². The number of hydrogen-bond acceptors (Lipinski definition) is 2. The van der Waals surface area contributed by atoms with Crippen LogP contribution in [0.3, 0.4) is 0 Å². The van der Waals surface area contributed by atoms with Crippen molar-refractivity contribution in [1.29, 1.82) is 0 Å². The van der Waals surface area contributed by atoms with E-state index in [4.69, 9.17) is 0 Å². The predicted octanol–water partition coefficient (Wildman–Crippen LogP) is 3.73. The number of fused-ring (bicyclic) bond motifs is 1. The second-order valence-electron chi connectivity index (χ2n) is 5.21. The molecule has 3 nitrogen and oxygen atoms in total. The molecule has 0 bridgehead atoms. The fourth-order valence-electron chi connectivity index (χ4n) is 2.32. The standard InChI is InChI=1S/C19H15NO2/c1-13-7-8-15-12-16(19(22)20-17(15)11-13)9-10-18(21)14-5-3-2-4-6-14/h2-12H,1H3,(H,20,22)/b10-9+. The average Bonchev–Trinajstić information content (AvgIpc) is 2.53. The summed E-state index contributed by atoms with van der Waals surface area (Å²) >= 11 is 0. The number of hydrogen-bond donors (Lipinski definition) is 1. The monoisotopic (exact) mass is 289 g/mol. The van der Waals surface area contributed by atoms with Gasteiger partial charge in [0.1, 0.15) is 0 Å². The first-order chi connectivity index (χ1) is 10.6. The molecule has 0 saturated carbocycles. The molecule has 0 aliphatic heterocycles. The molecule has 0 aliphatic carbocycles. The van der Waals surface area contributed by atoms with Crippen LogP contribution in [0.1, 0.15) is 21.5 Å². The third-order valence-electron chi connectivity index (χ3n) is 3.50. The van der Waals surface area contributed by atoms with Crippen molar-refractivity contribution < 1.29 is 4.79 Å². The molecule has 0 unspecified atom stereocenters. The molecule has 1 N–H and O–H groups in total. The van der Waals surface area contributed by atoms with E-state index in [-0.39, 0.29) is 11.3 Å². The Morgan fingerprint density at radius 1 is 1.05 bits per heavy atom. The fraction of sp³-hybridized carbons (Fsp3) is 0.0526. The Bertz CT molecular complexity index is 921. The second-order valence-corrected chi connectivity index (χ2v) is 5.21. The van der Waals surface area contributed by atoms with Crippen LogP contribution in [0.15, 0.2) is 65.5 Å². The van der Waals surface area contributed by atoms with E-state index in [1.807, 2.05) is 43.3 Å². The molecule has 0 saturated heterocycles. The van der Waals surface area contributed by atoms with Gasteiger partial charge in [-0.2, -0.15) is 0 Å². The molecule has 1 heterocycles. The maximum Gasteiger partial charge on any atom is 0.255 e. The molecular weight excluding hydrogens is 274 g/mol. The van der Waals surface area contributed by atoms with E-state index in [9.17, 15) is 9.59 Å². The lowest BCUT2D eigenvalue weighted by Gasteiger charge is -2.01. The Hall–Kier alpha value is -2.94. The van der Waals surface area contributed by atoms with Crippen molar-refractivity contribution in [3.63, 3.8) is 0 Å². The molecule has 22 heavy (non-hydrogen) atoms. The van der Waals surface area contributed by atoms with Gasteiger partial charge in [-0.25, -0.2) is 0 Å². The summed E-state index contributed by atoms with van der Waals surface area (Å²) in [6.45, 7) is 1.98. The molecular formula is C19H15NO2. The van der Waals surface area contributed by atoms with E-state index >= 15 is 0 Å². The maximum absolute atomic E-state index is 12.1. The number of rotatable bonds is 3. The van der Waals surface area contributed by atoms with E-state index in [0.29, 0.717) is 11.1 Å². The van der Waals surface area contributed by atoms with E-state index in [1.54, 1.807) is 24.3 Å². The normalized spacial score (nSPS) is 11.1. The first-order valence-electron chi connectivity index (χ1n) is 7.04. The predicted molar refractivity (Wildman–Crippen MR) is 89.1 cm³/mol. The Balaban J connectivity index is 1.95. The van der Waals surface area contributed by atoms with Crippen molar-refractivity contribution in [2.24, 2.45) is 0 Å². The summed E-state index contributed by atoms with van der Waals surface area (Å²) < 4.78 is 0. The summed E-state index contributed by atoms with van der Waals surface area (Å²) in [5.74, 6) is -0.121. The molecule has 0 fully saturated rings. The number of nitrogens with one attached hydrogen (secondary N) is 1. The van der Waals surface area contributed by atoms with Gasteiger partial charge in [0.25, 0.3) is 5.56 Å². The topological polar surface area (TPSA) is 49.9 Å². The minimum atomic E-state index is -0.199. The largest absolute Gasteiger partial charge is 0.321 e. The zero-order valence-electron chi connectivity index (χ0n) is 12.2. The van der Waals surface area contributed by atoms with Crippen molar-refractivity contribution in [2.45, 2.75) is 6.92 Å². The fourth-order valence-corrected chi connectivity index (χ4v) is 2.32. The summed E-state index contributed by atoms with van der Waals surface area (Å²) in [6, 6.07) is 16.6. The van der Waals surface area contributed by atoms with Crippen LogP contribution in [0.5, 0.6) is 0 Å². The highest BCUT2D eigenvalue weighted by Gasteiger charge is 2.03. The highest BCUT2D eigenvalue weighted by Crippen LogP contribution is 2.14. The van der Waals surface area contributed by atoms with Gasteiger partial charge in [0.2, 0.25) is 0 Å². The molecule has 1 aromatic heterocycles.